The topological polar surface area (TPSA) is 3.24 Å². The highest BCUT2D eigenvalue weighted by atomic mass is 127. The fourth-order valence-corrected chi connectivity index (χ4v) is 2.93. The lowest BCUT2D eigenvalue weighted by Crippen LogP contribution is -2.36. The molecule has 0 aliphatic carbocycles. The van der Waals surface area contributed by atoms with Crippen LogP contribution in [0, 0.1) is 3.57 Å². The summed E-state index contributed by atoms with van der Waals surface area (Å²) < 4.78 is 3.63. The predicted molar refractivity (Wildman–Crippen MR) is 80.0 cm³/mol. The molecule has 14 heavy (non-hydrogen) atoms. The van der Waals surface area contributed by atoms with Gasteiger partial charge >= 0.3 is 0 Å². The van der Waals surface area contributed by atoms with Gasteiger partial charge in [-0.05, 0) is 55.0 Å². The molecule has 0 atom stereocenters. The third-order valence-corrected chi connectivity index (χ3v) is 5.20. The van der Waals surface area contributed by atoms with Gasteiger partial charge in [0.25, 0.3) is 0 Å². The number of hydrogen-bond acceptors (Lipinski definition) is 1. The van der Waals surface area contributed by atoms with Crippen LogP contribution in [0.4, 0.5) is 5.69 Å². The number of anilines is 1. The molecule has 0 unspecified atom stereocenters. The van der Waals surface area contributed by atoms with Crippen molar-refractivity contribution in [2.24, 2.45) is 0 Å². The van der Waals surface area contributed by atoms with Crippen LogP contribution in [-0.4, -0.2) is 5.54 Å². The van der Waals surface area contributed by atoms with E-state index in [0.29, 0.717) is 0 Å². The number of rotatable bonds is 3. The molecule has 0 spiro atoms. The second-order valence-corrected chi connectivity index (χ2v) is 6.03. The summed E-state index contributed by atoms with van der Waals surface area (Å²) in [6.45, 7) is 6.76. The molecular weight excluding hydrogens is 400 g/mol. The van der Waals surface area contributed by atoms with Gasteiger partial charge in [-0.1, -0.05) is 19.1 Å². The molecule has 0 aliphatic rings. The van der Waals surface area contributed by atoms with Gasteiger partial charge in [-0.3, -0.25) is 0 Å². The van der Waals surface area contributed by atoms with Crippen LogP contribution in [0.1, 0.15) is 27.2 Å². The Morgan fingerprint density at radius 3 is 2.36 bits per heavy atom. The van der Waals surface area contributed by atoms with Crippen molar-refractivity contribution >= 4 is 51.1 Å². The Labute approximate surface area is 114 Å². The second-order valence-electron chi connectivity index (χ2n) is 3.90. The standard InChI is InChI=1S/C11H15I2N/c1-4-11(2,3)14(13)10-8-6-5-7-9(10)12/h5-8H,4H2,1-3H3. The number of benzene rings is 1. The fraction of sp³-hybridized carbons (Fsp3) is 0.455. The summed E-state index contributed by atoms with van der Waals surface area (Å²) in [7, 11) is 0. The van der Waals surface area contributed by atoms with Gasteiger partial charge in [0.05, 0.1) is 28.6 Å². The average Bonchev–Trinajstić information content (AvgIpc) is 2.17. The van der Waals surface area contributed by atoms with E-state index in [-0.39, 0.29) is 5.54 Å². The highest BCUT2D eigenvalue weighted by Crippen LogP contribution is 2.33. The van der Waals surface area contributed by atoms with Crippen molar-refractivity contribution in [3.8, 4) is 0 Å². The normalized spacial score (nSPS) is 11.5. The maximum Gasteiger partial charge on any atom is 0.0597 e. The summed E-state index contributed by atoms with van der Waals surface area (Å²) in [5.41, 5.74) is 1.52. The van der Waals surface area contributed by atoms with E-state index in [9.17, 15) is 0 Å². The Balaban J connectivity index is 3.00. The van der Waals surface area contributed by atoms with Crippen molar-refractivity contribution in [1.29, 1.82) is 0 Å². The first-order chi connectivity index (χ1) is 6.49. The van der Waals surface area contributed by atoms with Crippen LogP contribution >= 0.6 is 45.5 Å². The molecule has 0 bridgehead atoms. The van der Waals surface area contributed by atoms with E-state index in [1.54, 1.807) is 0 Å². The summed E-state index contributed by atoms with van der Waals surface area (Å²) in [5.74, 6) is 0. The molecule has 0 saturated heterocycles. The summed E-state index contributed by atoms with van der Waals surface area (Å²) in [6.07, 6.45) is 1.14. The molecule has 0 saturated carbocycles. The van der Waals surface area contributed by atoms with Crippen molar-refractivity contribution in [3.63, 3.8) is 0 Å². The van der Waals surface area contributed by atoms with Gasteiger partial charge in [-0.15, -0.1) is 0 Å². The molecule has 0 aliphatic heterocycles. The monoisotopic (exact) mass is 415 g/mol. The Hall–Kier alpha value is 0.480. The van der Waals surface area contributed by atoms with E-state index < -0.39 is 0 Å². The third-order valence-electron chi connectivity index (χ3n) is 2.46. The molecule has 3 heteroatoms. The van der Waals surface area contributed by atoms with Crippen molar-refractivity contribution in [3.05, 3.63) is 27.8 Å². The maximum absolute atomic E-state index is 2.40. The van der Waals surface area contributed by atoms with Gasteiger partial charge in [0.1, 0.15) is 0 Å². The largest absolute Gasteiger partial charge is 0.308 e. The quantitative estimate of drug-likeness (QED) is 0.514. The zero-order valence-corrected chi connectivity index (χ0v) is 13.0. The number of para-hydroxylation sites is 1. The van der Waals surface area contributed by atoms with Crippen molar-refractivity contribution < 1.29 is 0 Å². The zero-order valence-electron chi connectivity index (χ0n) is 8.72. The highest BCUT2D eigenvalue weighted by molar-refractivity contribution is 14.1. The zero-order chi connectivity index (χ0) is 10.8. The smallest absolute Gasteiger partial charge is 0.0597 e. The van der Waals surface area contributed by atoms with Gasteiger partial charge < -0.3 is 3.11 Å². The van der Waals surface area contributed by atoms with E-state index in [4.69, 9.17) is 0 Å². The van der Waals surface area contributed by atoms with Crippen molar-refractivity contribution in [2.45, 2.75) is 32.7 Å². The van der Waals surface area contributed by atoms with Gasteiger partial charge in [0.15, 0.2) is 0 Å². The molecular formula is C11H15I2N. The van der Waals surface area contributed by atoms with Crippen LogP contribution in [0.3, 0.4) is 0 Å². The van der Waals surface area contributed by atoms with Crippen LogP contribution in [0.2, 0.25) is 0 Å². The van der Waals surface area contributed by atoms with Crippen LogP contribution in [0.25, 0.3) is 0 Å². The molecule has 1 rings (SSSR count). The van der Waals surface area contributed by atoms with Crippen LogP contribution in [0.5, 0.6) is 0 Å². The molecule has 0 radical (unpaired) electrons. The molecule has 1 aromatic carbocycles. The first-order valence-corrected chi connectivity index (χ1v) is 6.74. The number of hydrogen-bond donors (Lipinski definition) is 0. The minimum absolute atomic E-state index is 0.210. The molecule has 0 amide bonds. The van der Waals surface area contributed by atoms with Crippen molar-refractivity contribution in [2.75, 3.05) is 3.11 Å². The average molecular weight is 415 g/mol. The Morgan fingerprint density at radius 1 is 1.29 bits per heavy atom. The van der Waals surface area contributed by atoms with Gasteiger partial charge in [-0.2, -0.15) is 0 Å². The maximum atomic E-state index is 2.40. The summed E-state index contributed by atoms with van der Waals surface area (Å²) in [4.78, 5) is 0. The number of nitrogens with zero attached hydrogens (tertiary/aromatic N) is 1. The minimum Gasteiger partial charge on any atom is -0.308 e. The first kappa shape index (κ1) is 12.5. The Kier molecular flexibility index (Phi) is 4.49. The van der Waals surface area contributed by atoms with E-state index in [1.807, 2.05) is 0 Å². The third kappa shape index (κ3) is 2.74. The van der Waals surface area contributed by atoms with Crippen LogP contribution in [-0.2, 0) is 0 Å². The van der Waals surface area contributed by atoms with Crippen LogP contribution < -0.4 is 3.11 Å². The Morgan fingerprint density at radius 2 is 1.86 bits per heavy atom. The lowest BCUT2D eigenvalue weighted by Gasteiger charge is -2.35. The molecule has 78 valence electrons. The Bertz CT molecular complexity index is 310. The molecule has 0 fully saturated rings. The fourth-order valence-electron chi connectivity index (χ4n) is 1.08. The summed E-state index contributed by atoms with van der Waals surface area (Å²) in [5, 5.41) is 0. The van der Waals surface area contributed by atoms with Gasteiger partial charge in [0, 0.05) is 9.11 Å². The van der Waals surface area contributed by atoms with Gasteiger partial charge in [-0.25, -0.2) is 0 Å². The van der Waals surface area contributed by atoms with E-state index in [1.165, 1.54) is 9.26 Å². The van der Waals surface area contributed by atoms with E-state index in [0.717, 1.165) is 6.42 Å². The number of halogens is 2. The molecule has 0 heterocycles. The lowest BCUT2D eigenvalue weighted by molar-refractivity contribution is 0.520. The highest BCUT2D eigenvalue weighted by Gasteiger charge is 2.24. The van der Waals surface area contributed by atoms with E-state index >= 15 is 0 Å². The molecule has 0 N–H and O–H groups in total. The predicted octanol–water partition coefficient (Wildman–Crippen LogP) is 4.64. The van der Waals surface area contributed by atoms with Crippen LogP contribution in [0.15, 0.2) is 24.3 Å². The van der Waals surface area contributed by atoms with Crippen molar-refractivity contribution in [1.82, 2.24) is 0 Å². The lowest BCUT2D eigenvalue weighted by atomic mass is 10.0. The summed E-state index contributed by atoms with van der Waals surface area (Å²) in [6, 6.07) is 8.49. The minimum atomic E-state index is 0.210. The van der Waals surface area contributed by atoms with E-state index in [2.05, 4.69) is 93.6 Å². The molecule has 1 nitrogen and oxygen atoms in total. The van der Waals surface area contributed by atoms with Gasteiger partial charge in [0.2, 0.25) is 0 Å². The summed E-state index contributed by atoms with van der Waals surface area (Å²) >= 11 is 4.79. The first-order valence-electron chi connectivity index (χ1n) is 4.69. The molecule has 0 aromatic heterocycles. The second kappa shape index (κ2) is 5.01. The molecule has 1 aromatic rings. The SMILES string of the molecule is CCC(C)(C)N(I)c1ccccc1I.